The van der Waals surface area contributed by atoms with E-state index in [4.69, 9.17) is 9.26 Å². The molecule has 1 fully saturated rings. The van der Waals surface area contributed by atoms with Crippen LogP contribution in [0.25, 0.3) is 21.7 Å². The highest BCUT2D eigenvalue weighted by Gasteiger charge is 2.46. The van der Waals surface area contributed by atoms with Crippen molar-refractivity contribution in [2.24, 2.45) is 11.8 Å². The van der Waals surface area contributed by atoms with Crippen LogP contribution in [-0.2, 0) is 15.3 Å². The number of nitrogens with zero attached hydrogens (tertiary/aromatic N) is 6. The zero-order chi connectivity index (χ0) is 25.3. The van der Waals surface area contributed by atoms with E-state index in [0.717, 1.165) is 37.9 Å². The van der Waals surface area contributed by atoms with Crippen molar-refractivity contribution in [3.8, 4) is 16.6 Å². The van der Waals surface area contributed by atoms with Crippen LogP contribution < -0.4 is 10.1 Å². The summed E-state index contributed by atoms with van der Waals surface area (Å²) in [5.74, 6) is 2.05. The normalized spacial score (nSPS) is 20.7. The standard InChI is InChI=1S/C23H27N7O4S2/c1-14(2)16-11-24-8-6-23(16,18-13-27-30-34-18)7-9-33-22-28-17-12-26-20(29-21(17)35-22)15-4-5-19(25-10-15)36(3,31)32/h4-5,10,12-14,16,24H,6-9,11H2,1-3H3. The number of rotatable bonds is 8. The molecule has 11 nitrogen and oxygen atoms in total. The van der Waals surface area contributed by atoms with E-state index < -0.39 is 9.84 Å². The van der Waals surface area contributed by atoms with Crippen LogP contribution in [0.15, 0.2) is 40.3 Å². The van der Waals surface area contributed by atoms with Gasteiger partial charge in [0.2, 0.25) is 0 Å². The first-order valence-electron chi connectivity index (χ1n) is 11.7. The summed E-state index contributed by atoms with van der Waals surface area (Å²) >= 11 is 1.34. The van der Waals surface area contributed by atoms with Crippen molar-refractivity contribution in [2.45, 2.75) is 37.1 Å². The molecule has 4 aromatic heterocycles. The summed E-state index contributed by atoms with van der Waals surface area (Å²) in [4.78, 5) is 18.2. The van der Waals surface area contributed by atoms with Crippen molar-refractivity contribution in [2.75, 3.05) is 26.0 Å². The summed E-state index contributed by atoms with van der Waals surface area (Å²) < 4.78 is 35.0. The molecule has 1 saturated heterocycles. The molecule has 5 rings (SSSR count). The minimum absolute atomic E-state index is 0.00754. The number of aromatic nitrogens is 6. The van der Waals surface area contributed by atoms with Gasteiger partial charge >= 0.3 is 0 Å². The minimum Gasteiger partial charge on any atom is -0.470 e. The van der Waals surface area contributed by atoms with Gasteiger partial charge in [-0.1, -0.05) is 25.2 Å². The number of piperidine rings is 1. The number of thiazole rings is 1. The Kier molecular flexibility index (Phi) is 6.70. The summed E-state index contributed by atoms with van der Waals surface area (Å²) in [7, 11) is -3.37. The number of hydrogen-bond donors (Lipinski definition) is 1. The summed E-state index contributed by atoms with van der Waals surface area (Å²) in [5.41, 5.74) is 1.04. The van der Waals surface area contributed by atoms with Crippen LogP contribution in [-0.4, -0.2) is 64.7 Å². The molecule has 0 aliphatic carbocycles. The molecule has 0 aromatic carbocycles. The highest BCUT2D eigenvalue weighted by Crippen LogP contribution is 2.44. The number of pyridine rings is 1. The Hall–Kier alpha value is -3.03. The van der Waals surface area contributed by atoms with Crippen LogP contribution in [0, 0.1) is 11.8 Å². The van der Waals surface area contributed by atoms with Gasteiger partial charge in [-0.25, -0.2) is 23.4 Å². The lowest BCUT2D eigenvalue weighted by molar-refractivity contribution is 0.0902. The number of nitrogens with one attached hydrogen (secondary N) is 1. The average Bonchev–Trinajstić information content (AvgIpc) is 3.53. The maximum atomic E-state index is 11.7. The Balaban J connectivity index is 1.33. The molecule has 5 heterocycles. The van der Waals surface area contributed by atoms with E-state index >= 15 is 0 Å². The quantitative estimate of drug-likeness (QED) is 0.359. The van der Waals surface area contributed by atoms with E-state index in [1.165, 1.54) is 23.6 Å². The predicted octanol–water partition coefficient (Wildman–Crippen LogP) is 2.91. The largest absolute Gasteiger partial charge is 0.470 e. The lowest BCUT2D eigenvalue weighted by atomic mass is 9.63. The minimum atomic E-state index is -3.37. The topological polar surface area (TPSA) is 146 Å². The molecule has 2 atom stereocenters. The first-order valence-corrected chi connectivity index (χ1v) is 14.4. The van der Waals surface area contributed by atoms with Gasteiger partial charge in [0.05, 0.1) is 19.0 Å². The van der Waals surface area contributed by atoms with E-state index in [1.54, 1.807) is 18.5 Å². The predicted molar refractivity (Wildman–Crippen MR) is 133 cm³/mol. The highest BCUT2D eigenvalue weighted by atomic mass is 32.2. The Morgan fingerprint density at radius 2 is 2.08 bits per heavy atom. The van der Waals surface area contributed by atoms with Crippen molar-refractivity contribution >= 4 is 31.5 Å². The van der Waals surface area contributed by atoms with Crippen LogP contribution in [0.1, 0.15) is 32.4 Å². The van der Waals surface area contributed by atoms with Crippen molar-refractivity contribution < 1.29 is 17.7 Å². The first-order chi connectivity index (χ1) is 17.3. The fraction of sp³-hybridized carbons (Fsp3) is 0.478. The second-order valence-corrected chi connectivity index (χ2v) is 12.3. The van der Waals surface area contributed by atoms with Gasteiger partial charge in [-0.2, -0.15) is 4.98 Å². The number of fused-ring (bicyclic) bond motifs is 1. The Labute approximate surface area is 212 Å². The van der Waals surface area contributed by atoms with Crippen LogP contribution in [0.4, 0.5) is 0 Å². The van der Waals surface area contributed by atoms with Crippen molar-refractivity contribution in [3.63, 3.8) is 0 Å². The first kappa shape index (κ1) is 24.7. The molecule has 1 N–H and O–H groups in total. The third-order valence-electron chi connectivity index (χ3n) is 6.76. The van der Waals surface area contributed by atoms with Crippen molar-refractivity contribution in [1.29, 1.82) is 0 Å². The lowest BCUT2D eigenvalue weighted by Gasteiger charge is -2.44. The maximum Gasteiger partial charge on any atom is 0.275 e. The third-order valence-corrected chi connectivity index (χ3v) is 8.64. The molecule has 0 spiro atoms. The van der Waals surface area contributed by atoms with Crippen LogP contribution in [0.3, 0.4) is 0 Å². The average molecular weight is 530 g/mol. The number of sulfone groups is 1. The van der Waals surface area contributed by atoms with Crippen LogP contribution in [0.2, 0.25) is 0 Å². The van der Waals surface area contributed by atoms with Gasteiger partial charge in [-0.15, -0.1) is 5.10 Å². The molecule has 2 unspecified atom stereocenters. The fourth-order valence-corrected chi connectivity index (χ4v) is 6.26. The van der Waals surface area contributed by atoms with E-state index in [0.29, 0.717) is 45.4 Å². The molecule has 190 valence electrons. The molecular weight excluding hydrogens is 502 g/mol. The molecule has 0 bridgehead atoms. The molecule has 13 heteroatoms. The molecule has 36 heavy (non-hydrogen) atoms. The maximum absolute atomic E-state index is 11.7. The molecule has 1 aliphatic rings. The van der Waals surface area contributed by atoms with Gasteiger partial charge in [0, 0.05) is 28.7 Å². The molecule has 1 aliphatic heterocycles. The van der Waals surface area contributed by atoms with E-state index in [9.17, 15) is 8.42 Å². The Morgan fingerprint density at radius 3 is 2.78 bits per heavy atom. The van der Waals surface area contributed by atoms with Gasteiger partial charge in [-0.3, -0.25) is 0 Å². The molecule has 0 saturated carbocycles. The molecular formula is C23H27N7O4S2. The highest BCUT2D eigenvalue weighted by molar-refractivity contribution is 7.90. The molecule has 0 amide bonds. The number of hydrogen-bond acceptors (Lipinski definition) is 12. The summed E-state index contributed by atoms with van der Waals surface area (Å²) in [5, 5.41) is 11.7. The van der Waals surface area contributed by atoms with Crippen molar-refractivity contribution in [1.82, 2.24) is 35.6 Å². The van der Waals surface area contributed by atoms with Gasteiger partial charge < -0.3 is 14.6 Å². The van der Waals surface area contributed by atoms with Gasteiger partial charge in [0.25, 0.3) is 5.19 Å². The Bertz CT molecular complexity index is 1440. The lowest BCUT2D eigenvalue weighted by Crippen LogP contribution is -2.50. The Morgan fingerprint density at radius 1 is 1.22 bits per heavy atom. The van der Waals surface area contributed by atoms with Gasteiger partial charge in [0.15, 0.2) is 31.3 Å². The van der Waals surface area contributed by atoms with E-state index in [-0.39, 0.29) is 10.4 Å². The van der Waals surface area contributed by atoms with E-state index in [1.807, 2.05) is 0 Å². The van der Waals surface area contributed by atoms with Crippen LogP contribution in [0.5, 0.6) is 5.19 Å². The molecule has 0 radical (unpaired) electrons. The van der Waals surface area contributed by atoms with Crippen molar-refractivity contribution in [3.05, 3.63) is 36.5 Å². The van der Waals surface area contributed by atoms with Gasteiger partial charge in [0.1, 0.15) is 5.52 Å². The molecule has 4 aromatic rings. The summed E-state index contributed by atoms with van der Waals surface area (Å²) in [6.07, 6.45) is 7.60. The van der Waals surface area contributed by atoms with Gasteiger partial charge in [-0.05, 0) is 49.9 Å². The smallest absolute Gasteiger partial charge is 0.275 e. The SMILES string of the molecule is CC(C)C1CNCCC1(CCOc1nc2cnc(-c3ccc(S(C)(=O)=O)nc3)nc2s1)c1cnno1. The van der Waals surface area contributed by atoms with Crippen LogP contribution >= 0.6 is 11.3 Å². The zero-order valence-corrected chi connectivity index (χ0v) is 21.8. The summed E-state index contributed by atoms with van der Waals surface area (Å²) in [6.45, 7) is 6.71. The summed E-state index contributed by atoms with van der Waals surface area (Å²) in [6, 6.07) is 3.09. The second-order valence-electron chi connectivity index (χ2n) is 9.36. The number of ether oxygens (including phenoxy) is 1. The monoisotopic (exact) mass is 529 g/mol. The fourth-order valence-electron chi connectivity index (χ4n) is 4.92. The van der Waals surface area contributed by atoms with E-state index in [2.05, 4.69) is 49.5 Å². The third kappa shape index (κ3) is 4.82. The zero-order valence-electron chi connectivity index (χ0n) is 20.2. The second kappa shape index (κ2) is 9.79.